The SMILES string of the molecule is CC(=O)Nc1ccc(SCC(=O)N2CCN(S(=O)(=O)c3ccccc3Cl)CC2)cc1. The van der Waals surface area contributed by atoms with Gasteiger partial charge < -0.3 is 10.2 Å². The van der Waals surface area contributed by atoms with Gasteiger partial charge in [0.15, 0.2) is 0 Å². The van der Waals surface area contributed by atoms with E-state index in [0.29, 0.717) is 18.8 Å². The summed E-state index contributed by atoms with van der Waals surface area (Å²) in [5, 5.41) is 2.89. The summed E-state index contributed by atoms with van der Waals surface area (Å²) >= 11 is 7.45. The first-order valence-electron chi connectivity index (χ1n) is 9.30. The molecule has 3 rings (SSSR count). The Hall–Kier alpha value is -2.07. The number of sulfonamides is 1. The number of halogens is 1. The lowest BCUT2D eigenvalue weighted by Gasteiger charge is -2.34. The Bertz CT molecular complexity index is 1020. The Morgan fingerprint density at radius 3 is 2.27 bits per heavy atom. The average Bonchev–Trinajstić information content (AvgIpc) is 2.73. The Kier molecular flexibility index (Phi) is 7.41. The number of hydrogen-bond acceptors (Lipinski definition) is 5. The standard InChI is InChI=1S/C20H22ClN3O4S2/c1-15(25)22-16-6-8-17(9-7-16)29-14-20(26)23-10-12-24(13-11-23)30(27,28)19-5-3-2-4-18(19)21/h2-9H,10-14H2,1H3,(H,22,25). The first kappa shape index (κ1) is 22.6. The lowest BCUT2D eigenvalue weighted by molar-refractivity contribution is -0.129. The molecule has 0 aliphatic carbocycles. The molecule has 30 heavy (non-hydrogen) atoms. The van der Waals surface area contributed by atoms with Gasteiger partial charge in [0.1, 0.15) is 4.90 Å². The summed E-state index contributed by atoms with van der Waals surface area (Å²) in [5.74, 6) is 0.0820. The van der Waals surface area contributed by atoms with Crippen LogP contribution in [0.1, 0.15) is 6.92 Å². The number of hydrogen-bond donors (Lipinski definition) is 1. The summed E-state index contributed by atoms with van der Waals surface area (Å²) in [6.07, 6.45) is 0. The van der Waals surface area contributed by atoms with E-state index in [1.165, 1.54) is 29.1 Å². The highest BCUT2D eigenvalue weighted by atomic mass is 35.5. The van der Waals surface area contributed by atoms with Crippen LogP contribution in [0.5, 0.6) is 0 Å². The summed E-state index contributed by atoms with van der Waals surface area (Å²) in [7, 11) is -3.68. The van der Waals surface area contributed by atoms with Gasteiger partial charge in [-0.25, -0.2) is 8.42 Å². The third-order valence-corrected chi connectivity index (χ3v) is 7.98. The molecular formula is C20H22ClN3O4S2. The smallest absolute Gasteiger partial charge is 0.244 e. The number of nitrogens with one attached hydrogen (secondary N) is 1. The van der Waals surface area contributed by atoms with E-state index in [1.807, 2.05) is 12.1 Å². The van der Waals surface area contributed by atoms with Crippen molar-refractivity contribution in [1.82, 2.24) is 9.21 Å². The highest BCUT2D eigenvalue weighted by Crippen LogP contribution is 2.25. The second-order valence-corrected chi connectivity index (χ2v) is 10.1. The predicted molar refractivity (Wildman–Crippen MR) is 118 cm³/mol. The number of benzene rings is 2. The zero-order chi connectivity index (χ0) is 21.7. The summed E-state index contributed by atoms with van der Waals surface area (Å²) in [5.41, 5.74) is 0.703. The topological polar surface area (TPSA) is 86.8 Å². The second kappa shape index (κ2) is 9.82. The minimum atomic E-state index is -3.68. The maximum Gasteiger partial charge on any atom is 0.244 e. The Balaban J connectivity index is 1.52. The molecule has 1 N–H and O–H groups in total. The minimum Gasteiger partial charge on any atom is -0.339 e. The number of anilines is 1. The minimum absolute atomic E-state index is 0.0410. The van der Waals surface area contributed by atoms with Crippen molar-refractivity contribution < 1.29 is 18.0 Å². The molecule has 0 radical (unpaired) electrons. The van der Waals surface area contributed by atoms with Crippen LogP contribution < -0.4 is 5.32 Å². The third-order valence-electron chi connectivity index (χ3n) is 4.58. The molecule has 2 aromatic carbocycles. The van der Waals surface area contributed by atoms with Crippen molar-refractivity contribution in [2.24, 2.45) is 0 Å². The van der Waals surface area contributed by atoms with Crippen LogP contribution in [0.15, 0.2) is 58.3 Å². The molecule has 1 saturated heterocycles. The van der Waals surface area contributed by atoms with Crippen LogP contribution in [-0.2, 0) is 19.6 Å². The fourth-order valence-electron chi connectivity index (χ4n) is 3.04. The lowest BCUT2D eigenvalue weighted by atomic mass is 10.3. The van der Waals surface area contributed by atoms with E-state index in [2.05, 4.69) is 5.32 Å². The molecule has 2 aromatic rings. The molecule has 160 valence electrons. The summed E-state index contributed by atoms with van der Waals surface area (Å²) in [6, 6.07) is 13.6. The lowest BCUT2D eigenvalue weighted by Crippen LogP contribution is -2.51. The van der Waals surface area contributed by atoms with Crippen LogP contribution in [0.2, 0.25) is 5.02 Å². The van der Waals surface area contributed by atoms with Crippen LogP contribution in [0.3, 0.4) is 0 Å². The molecule has 7 nitrogen and oxygen atoms in total. The van der Waals surface area contributed by atoms with Crippen molar-refractivity contribution in [2.75, 3.05) is 37.2 Å². The van der Waals surface area contributed by atoms with Gasteiger partial charge in [-0.05, 0) is 36.4 Å². The molecule has 0 unspecified atom stereocenters. The van der Waals surface area contributed by atoms with E-state index >= 15 is 0 Å². The van der Waals surface area contributed by atoms with Gasteiger partial charge in [-0.3, -0.25) is 9.59 Å². The second-order valence-electron chi connectivity index (χ2n) is 6.71. The quantitative estimate of drug-likeness (QED) is 0.660. The molecule has 0 saturated carbocycles. The Morgan fingerprint density at radius 1 is 1.03 bits per heavy atom. The number of piperazine rings is 1. The van der Waals surface area contributed by atoms with Gasteiger partial charge in [0.05, 0.1) is 10.8 Å². The molecule has 0 atom stereocenters. The first-order valence-corrected chi connectivity index (χ1v) is 12.1. The Labute approximate surface area is 185 Å². The summed E-state index contributed by atoms with van der Waals surface area (Å²) in [6.45, 7) is 2.58. The van der Waals surface area contributed by atoms with Gasteiger partial charge in [-0.1, -0.05) is 23.7 Å². The van der Waals surface area contributed by atoms with E-state index in [1.54, 1.807) is 35.2 Å². The normalized spacial score (nSPS) is 15.1. The largest absolute Gasteiger partial charge is 0.339 e. The molecule has 0 bridgehead atoms. The van der Waals surface area contributed by atoms with Crippen LogP contribution in [0, 0.1) is 0 Å². The number of carbonyl (C=O) groups excluding carboxylic acids is 2. The van der Waals surface area contributed by atoms with Crippen LogP contribution in [0.4, 0.5) is 5.69 Å². The van der Waals surface area contributed by atoms with E-state index in [9.17, 15) is 18.0 Å². The fourth-order valence-corrected chi connectivity index (χ4v) is 5.76. The van der Waals surface area contributed by atoms with Crippen LogP contribution >= 0.6 is 23.4 Å². The van der Waals surface area contributed by atoms with E-state index in [0.717, 1.165) is 4.90 Å². The van der Waals surface area contributed by atoms with Crippen molar-refractivity contribution in [3.05, 3.63) is 53.6 Å². The van der Waals surface area contributed by atoms with Gasteiger partial charge in [0.2, 0.25) is 21.8 Å². The van der Waals surface area contributed by atoms with Gasteiger partial charge in [-0.2, -0.15) is 4.31 Å². The maximum absolute atomic E-state index is 12.8. The molecule has 10 heteroatoms. The predicted octanol–water partition coefficient (Wildman–Crippen LogP) is 2.92. The number of rotatable bonds is 6. The highest BCUT2D eigenvalue weighted by molar-refractivity contribution is 8.00. The maximum atomic E-state index is 12.8. The van der Waals surface area contributed by atoms with Gasteiger partial charge in [-0.15, -0.1) is 11.8 Å². The number of amides is 2. The molecule has 0 spiro atoms. The monoisotopic (exact) mass is 467 g/mol. The van der Waals surface area contributed by atoms with Crippen molar-refractivity contribution >= 4 is 50.9 Å². The molecule has 2 amide bonds. The number of nitrogens with zero attached hydrogens (tertiary/aromatic N) is 2. The van der Waals surface area contributed by atoms with Gasteiger partial charge >= 0.3 is 0 Å². The van der Waals surface area contributed by atoms with Crippen molar-refractivity contribution in [1.29, 1.82) is 0 Å². The average molecular weight is 468 g/mol. The van der Waals surface area contributed by atoms with Gasteiger partial charge in [0.25, 0.3) is 0 Å². The molecule has 1 aliphatic heterocycles. The van der Waals surface area contributed by atoms with Crippen LogP contribution in [-0.4, -0.2) is 61.4 Å². The van der Waals surface area contributed by atoms with Gasteiger partial charge in [0, 0.05) is 43.7 Å². The van der Waals surface area contributed by atoms with E-state index < -0.39 is 10.0 Å². The summed E-state index contributed by atoms with van der Waals surface area (Å²) in [4.78, 5) is 26.3. The van der Waals surface area contributed by atoms with Crippen molar-refractivity contribution in [3.8, 4) is 0 Å². The summed E-state index contributed by atoms with van der Waals surface area (Å²) < 4.78 is 27.0. The highest BCUT2D eigenvalue weighted by Gasteiger charge is 2.31. The zero-order valence-electron chi connectivity index (χ0n) is 16.4. The number of thioether (sulfide) groups is 1. The molecule has 1 heterocycles. The molecule has 0 aromatic heterocycles. The van der Waals surface area contributed by atoms with Crippen molar-refractivity contribution in [2.45, 2.75) is 16.7 Å². The molecule has 1 aliphatic rings. The fraction of sp³-hybridized carbons (Fsp3) is 0.300. The Morgan fingerprint density at radius 2 is 1.67 bits per heavy atom. The van der Waals surface area contributed by atoms with Crippen molar-refractivity contribution in [3.63, 3.8) is 0 Å². The zero-order valence-corrected chi connectivity index (χ0v) is 18.8. The molecular weight excluding hydrogens is 446 g/mol. The van der Waals surface area contributed by atoms with E-state index in [4.69, 9.17) is 11.6 Å². The number of carbonyl (C=O) groups is 2. The third kappa shape index (κ3) is 5.54. The molecule has 1 fully saturated rings. The van der Waals surface area contributed by atoms with Crippen LogP contribution in [0.25, 0.3) is 0 Å². The first-order chi connectivity index (χ1) is 14.3. The van der Waals surface area contributed by atoms with E-state index in [-0.39, 0.29) is 40.6 Å².